The second kappa shape index (κ2) is 34.6. The van der Waals surface area contributed by atoms with Crippen molar-refractivity contribution in [2.45, 2.75) is 50.2 Å². The summed E-state index contributed by atoms with van der Waals surface area (Å²) < 4.78 is 54.6. The van der Waals surface area contributed by atoms with E-state index in [9.17, 15) is 8.42 Å². The fraction of sp³-hybridized carbons (Fsp3) is 0.364. The van der Waals surface area contributed by atoms with Crippen molar-refractivity contribution >= 4 is 77.8 Å². The molecule has 0 bridgehead atoms. The van der Waals surface area contributed by atoms with Crippen LogP contribution >= 0.6 is 45.2 Å². The van der Waals surface area contributed by atoms with Gasteiger partial charge in [0.1, 0.15) is 0 Å². The molecule has 0 aromatic heterocycles. The van der Waals surface area contributed by atoms with Gasteiger partial charge in [0.25, 0.3) is 0 Å². The van der Waals surface area contributed by atoms with Gasteiger partial charge in [-0.3, -0.25) is 30.6 Å². The van der Waals surface area contributed by atoms with Crippen LogP contribution in [0.5, 0.6) is 0 Å². The Morgan fingerprint density at radius 3 is 1.46 bits per heavy atom. The van der Waals surface area contributed by atoms with Crippen molar-refractivity contribution in [2.75, 3.05) is 7.11 Å². The summed E-state index contributed by atoms with van der Waals surface area (Å²) in [6.07, 6.45) is 0. The van der Waals surface area contributed by atoms with Crippen LogP contribution in [0, 0.1) is 12.5 Å². The normalized spacial score (nSPS) is 8.13. The average molecular weight is 826 g/mol. The van der Waals surface area contributed by atoms with Crippen molar-refractivity contribution < 1.29 is 36.4 Å². The van der Waals surface area contributed by atoms with E-state index in [4.69, 9.17) is 45.6 Å². The van der Waals surface area contributed by atoms with Crippen molar-refractivity contribution in [1.29, 1.82) is 5.41 Å². The summed E-state index contributed by atoms with van der Waals surface area (Å²) in [6, 6.07) is 16.3. The maximum Gasteiger partial charge on any atom is 0.339 e. The SMILES string of the molecule is C.C.C.C.C.CO.N=C(N)S(=O)(=O)O.NC(N)=[NH+]Cc1cccc(I)c1.NCc1cccc(I)c1.O=S([O-])[O-]. The van der Waals surface area contributed by atoms with Gasteiger partial charge in [0.05, 0.1) is 6.54 Å². The molecule has 13 nitrogen and oxygen atoms in total. The molecule has 0 aliphatic rings. The number of hydrogen-bond acceptors (Lipinski definition) is 8. The van der Waals surface area contributed by atoms with E-state index in [1.165, 1.54) is 18.3 Å². The molecule has 0 saturated carbocycles. The number of amidine groups is 1. The molecule has 2 aromatic rings. The predicted molar refractivity (Wildman–Crippen MR) is 179 cm³/mol. The highest BCUT2D eigenvalue weighted by molar-refractivity contribution is 14.1. The largest absolute Gasteiger partial charge is 0.784 e. The first-order valence-corrected chi connectivity index (χ1v) is 13.1. The Balaban J connectivity index is -0.0000000540. The van der Waals surface area contributed by atoms with E-state index in [-0.39, 0.29) is 43.1 Å². The third kappa shape index (κ3) is 43.8. The molecule has 234 valence electrons. The molecule has 17 heteroatoms. The number of nitrogens with one attached hydrogen (secondary N) is 2. The van der Waals surface area contributed by atoms with Crippen LogP contribution in [-0.2, 0) is 34.6 Å². The summed E-state index contributed by atoms with van der Waals surface area (Å²) in [5.74, 6) is 0.258. The summed E-state index contributed by atoms with van der Waals surface area (Å²) in [6.45, 7) is 1.32. The molecule has 2 aromatic carbocycles. The monoisotopic (exact) mass is 825 g/mol. The molecule has 0 aliphatic heterocycles. The Labute approximate surface area is 264 Å². The minimum absolute atomic E-state index is 0. The molecule has 0 heterocycles. The van der Waals surface area contributed by atoms with E-state index in [2.05, 4.69) is 74.1 Å². The molecule has 0 atom stereocenters. The quantitative estimate of drug-likeness (QED) is 0.0721. The van der Waals surface area contributed by atoms with Crippen LogP contribution < -0.4 is 27.9 Å². The average Bonchev–Trinajstić information content (AvgIpc) is 2.73. The van der Waals surface area contributed by atoms with Crippen LogP contribution in [0.25, 0.3) is 0 Å². The van der Waals surface area contributed by atoms with Crippen molar-refractivity contribution in [1.82, 2.24) is 0 Å². The van der Waals surface area contributed by atoms with Crippen LogP contribution in [0.4, 0.5) is 0 Å². The highest BCUT2D eigenvalue weighted by Gasteiger charge is 2.05. The first kappa shape index (κ1) is 57.4. The number of guanidine groups is 1. The molecule has 0 saturated heterocycles. The van der Waals surface area contributed by atoms with Gasteiger partial charge in [-0.15, -0.1) is 11.4 Å². The molecule has 39 heavy (non-hydrogen) atoms. The van der Waals surface area contributed by atoms with Gasteiger partial charge in [-0.2, -0.15) is 8.42 Å². The Hall–Kier alpha value is -1.46. The van der Waals surface area contributed by atoms with Gasteiger partial charge >= 0.3 is 16.1 Å². The van der Waals surface area contributed by atoms with E-state index in [1.807, 2.05) is 30.3 Å². The standard InChI is InChI=1S/C8H10IN3.C7H8IN.CH4N2O3S.CH4O.5CH4.H2O3S/c9-7-3-1-2-6(4-7)5-12-8(10)11;8-7-3-1-2-6(4-7)5-9;2-1(3)7(4,5)6;1-2;;;;;;1-4(2)3/h1-4H,5H2,(H4,10,11,12);1-4H,5,9H2;(H3,2,3)(H,4,5,6);2H,1H3;5*1H4;(H2,1,2,3)/p-1. The first-order valence-electron chi connectivity index (χ1n) is 8.52. The van der Waals surface area contributed by atoms with Gasteiger partial charge in [0.15, 0.2) is 0 Å². The Morgan fingerprint density at radius 1 is 0.923 bits per heavy atom. The lowest BCUT2D eigenvalue weighted by Gasteiger charge is -2.03. The number of aliphatic hydroxyl groups excluding tert-OH is 1. The summed E-state index contributed by atoms with van der Waals surface area (Å²) in [5, 5.41) is 11.9. The van der Waals surface area contributed by atoms with Crippen molar-refractivity contribution in [3.8, 4) is 0 Å². The lowest BCUT2D eigenvalue weighted by Crippen LogP contribution is -2.76. The highest BCUT2D eigenvalue weighted by atomic mass is 127. The zero-order valence-electron chi connectivity index (χ0n) is 17.9. The third-order valence-electron chi connectivity index (χ3n) is 2.79. The number of nitrogens with two attached hydrogens (primary N) is 4. The molecule has 2 rings (SSSR count). The van der Waals surface area contributed by atoms with Gasteiger partial charge in [-0.1, -0.05) is 61.4 Å². The van der Waals surface area contributed by atoms with E-state index in [1.54, 1.807) is 0 Å². The summed E-state index contributed by atoms with van der Waals surface area (Å²) in [7, 11) is -3.38. The fourth-order valence-electron chi connectivity index (χ4n) is 1.51. The molecule has 0 aliphatic carbocycles. The molecule has 0 radical (unpaired) electrons. The minimum Gasteiger partial charge on any atom is -0.784 e. The predicted octanol–water partition coefficient (Wildman–Crippen LogP) is 1.45. The van der Waals surface area contributed by atoms with Crippen LogP contribution in [0.2, 0.25) is 0 Å². The Morgan fingerprint density at radius 2 is 1.23 bits per heavy atom. The zero-order chi connectivity index (χ0) is 27.3. The Bertz CT molecular complexity index is 1010. The van der Waals surface area contributed by atoms with E-state index in [0.29, 0.717) is 13.1 Å². The summed E-state index contributed by atoms with van der Waals surface area (Å²) >= 11 is 1.43. The van der Waals surface area contributed by atoms with Crippen molar-refractivity contribution in [3.05, 3.63) is 66.8 Å². The minimum atomic E-state index is -4.38. The molecular weight excluding hydrogens is 778 g/mol. The van der Waals surface area contributed by atoms with E-state index in [0.717, 1.165) is 7.11 Å². The maximum atomic E-state index is 9.54. The molecule has 12 N–H and O–H groups in total. The van der Waals surface area contributed by atoms with Gasteiger partial charge < -0.3 is 25.7 Å². The smallest absolute Gasteiger partial charge is 0.339 e. The summed E-state index contributed by atoms with van der Waals surface area (Å²) in [5.41, 5.74) is 22.6. The number of halogens is 2. The molecular formula is C22H47I2N6O7S2-. The van der Waals surface area contributed by atoms with Crippen molar-refractivity contribution in [3.63, 3.8) is 0 Å². The van der Waals surface area contributed by atoms with Crippen LogP contribution in [0.3, 0.4) is 0 Å². The van der Waals surface area contributed by atoms with Crippen molar-refractivity contribution in [2.24, 2.45) is 22.9 Å². The van der Waals surface area contributed by atoms with Crippen LogP contribution in [0.1, 0.15) is 48.3 Å². The molecule has 0 spiro atoms. The van der Waals surface area contributed by atoms with Gasteiger partial charge in [0, 0.05) is 20.8 Å². The van der Waals surface area contributed by atoms with Crippen LogP contribution in [0.15, 0.2) is 48.5 Å². The second-order valence-electron chi connectivity index (χ2n) is 5.32. The topological polar surface area (TPSA) is 280 Å². The van der Waals surface area contributed by atoms with Gasteiger partial charge in [0.2, 0.25) is 5.17 Å². The van der Waals surface area contributed by atoms with Crippen LogP contribution in [-0.4, -0.2) is 49.6 Å². The Kier molecular flexibility index (Phi) is 50.9. The van der Waals surface area contributed by atoms with Gasteiger partial charge in [-0.05, 0) is 80.6 Å². The van der Waals surface area contributed by atoms with E-state index < -0.39 is 26.6 Å². The first-order chi connectivity index (χ1) is 15.7. The molecule has 0 fully saturated rings. The number of rotatable bonds is 3. The lowest BCUT2D eigenvalue weighted by molar-refractivity contribution is -0.477. The maximum absolute atomic E-state index is 9.54. The number of hydrogen-bond donors (Lipinski definition) is 8. The lowest BCUT2D eigenvalue weighted by atomic mass is 10.2. The van der Waals surface area contributed by atoms with Gasteiger partial charge in [-0.25, -0.2) is 0 Å². The number of benzene rings is 2. The molecule has 0 amide bonds. The summed E-state index contributed by atoms with van der Waals surface area (Å²) in [4.78, 5) is 2.86. The molecule has 0 unspecified atom stereocenters. The highest BCUT2D eigenvalue weighted by Crippen LogP contribution is 2.06. The zero-order valence-corrected chi connectivity index (χ0v) is 23.8. The third-order valence-corrected chi connectivity index (χ3v) is 4.69. The second-order valence-corrected chi connectivity index (χ2v) is 9.61. The fourth-order valence-corrected chi connectivity index (χ4v) is 2.73. The van der Waals surface area contributed by atoms with E-state index >= 15 is 0 Å². The number of aliphatic hydroxyl groups is 1.